The van der Waals surface area contributed by atoms with E-state index in [-0.39, 0.29) is 24.5 Å². The smallest absolute Gasteiger partial charge is 0.233 e. The van der Waals surface area contributed by atoms with Gasteiger partial charge in [-0.25, -0.2) is 8.78 Å². The molecule has 1 saturated carbocycles. The molecule has 0 unspecified atom stereocenters. The molecule has 0 aromatic heterocycles. The molecule has 3 aromatic carbocycles. The Labute approximate surface area is 237 Å². The van der Waals surface area contributed by atoms with Crippen LogP contribution in [0.4, 0.5) is 14.5 Å². The van der Waals surface area contributed by atoms with Gasteiger partial charge in [-0.1, -0.05) is 36.4 Å². The molecule has 41 heavy (non-hydrogen) atoms. The summed E-state index contributed by atoms with van der Waals surface area (Å²) in [5, 5.41) is 51.1. The van der Waals surface area contributed by atoms with Crippen molar-refractivity contribution in [2.24, 2.45) is 17.8 Å². The second-order valence-corrected chi connectivity index (χ2v) is 11.2. The summed E-state index contributed by atoms with van der Waals surface area (Å²) in [5.41, 5.74) is 2.88. The van der Waals surface area contributed by atoms with Gasteiger partial charge in [0.05, 0.1) is 30.3 Å². The molecule has 9 heteroatoms. The number of nitrogens with zero attached hydrogens (tertiary/aromatic N) is 1. The number of benzene rings is 3. The lowest BCUT2D eigenvalue weighted by atomic mass is 9.73. The van der Waals surface area contributed by atoms with Crippen molar-refractivity contribution in [3.8, 4) is 0 Å². The van der Waals surface area contributed by atoms with E-state index in [1.54, 1.807) is 17.0 Å². The summed E-state index contributed by atoms with van der Waals surface area (Å²) in [7, 11) is 0. The van der Waals surface area contributed by atoms with Crippen molar-refractivity contribution in [3.05, 3.63) is 101 Å². The molecule has 2 aliphatic rings. The zero-order valence-electron chi connectivity index (χ0n) is 22.4. The quantitative estimate of drug-likeness (QED) is 0.253. The van der Waals surface area contributed by atoms with Gasteiger partial charge in [0, 0.05) is 18.2 Å². The summed E-state index contributed by atoms with van der Waals surface area (Å²) in [5.74, 6) is -2.24. The lowest BCUT2D eigenvalue weighted by Gasteiger charge is -2.48. The molecule has 0 bridgehead atoms. The highest BCUT2D eigenvalue weighted by atomic mass is 19.1. The second kappa shape index (κ2) is 12.3. The number of carbonyl (C=O) groups excluding carboxylic acids is 1. The first-order valence-corrected chi connectivity index (χ1v) is 13.9. The molecule has 5 rings (SSSR count). The van der Waals surface area contributed by atoms with E-state index in [9.17, 15) is 39.1 Å². The van der Waals surface area contributed by atoms with Gasteiger partial charge in [0.1, 0.15) is 17.7 Å². The van der Waals surface area contributed by atoms with Crippen LogP contribution < -0.4 is 4.90 Å². The Kier molecular flexibility index (Phi) is 8.82. The van der Waals surface area contributed by atoms with Crippen LogP contribution in [0.25, 0.3) is 0 Å². The minimum atomic E-state index is -1.33. The fourth-order valence-electron chi connectivity index (χ4n) is 6.26. The highest BCUT2D eigenvalue weighted by Crippen LogP contribution is 2.46. The number of halogens is 2. The van der Waals surface area contributed by atoms with Gasteiger partial charge in [-0.3, -0.25) is 4.79 Å². The average molecular weight is 568 g/mol. The summed E-state index contributed by atoms with van der Waals surface area (Å²) < 4.78 is 26.9. The third kappa shape index (κ3) is 6.05. The molecule has 1 amide bonds. The van der Waals surface area contributed by atoms with E-state index in [2.05, 4.69) is 0 Å². The zero-order valence-corrected chi connectivity index (χ0v) is 22.4. The Bertz CT molecular complexity index is 1320. The summed E-state index contributed by atoms with van der Waals surface area (Å²) in [6, 6.07) is 18.6. The monoisotopic (exact) mass is 567 g/mol. The molecule has 8 atom stereocenters. The molecule has 218 valence electrons. The van der Waals surface area contributed by atoms with Crippen LogP contribution in [-0.4, -0.2) is 56.4 Å². The number of amides is 1. The molecule has 0 spiro atoms. The summed E-state index contributed by atoms with van der Waals surface area (Å²) in [6.45, 7) is -0.285. The van der Waals surface area contributed by atoms with Crippen LogP contribution in [0, 0.1) is 29.4 Å². The Hall–Kier alpha value is -3.21. The number of carbonyl (C=O) groups is 1. The first-order valence-electron chi connectivity index (χ1n) is 13.9. The number of hydrogen-bond donors (Lipinski definition) is 5. The van der Waals surface area contributed by atoms with Crippen LogP contribution in [-0.2, 0) is 11.2 Å². The highest BCUT2D eigenvalue weighted by Gasteiger charge is 2.48. The van der Waals surface area contributed by atoms with Gasteiger partial charge in [-0.15, -0.1) is 0 Å². The maximum atomic E-state index is 13.6. The van der Waals surface area contributed by atoms with E-state index in [1.807, 2.05) is 24.3 Å². The Morgan fingerprint density at radius 1 is 0.805 bits per heavy atom. The normalized spacial score (nSPS) is 28.8. The van der Waals surface area contributed by atoms with Gasteiger partial charge in [0.15, 0.2) is 0 Å². The minimum Gasteiger partial charge on any atom is -0.396 e. The van der Waals surface area contributed by atoms with Crippen LogP contribution in [0.1, 0.15) is 48.1 Å². The number of aliphatic hydroxyl groups excluding tert-OH is 5. The predicted octanol–water partition coefficient (Wildman–Crippen LogP) is 3.44. The van der Waals surface area contributed by atoms with Gasteiger partial charge in [-0.05, 0) is 84.7 Å². The molecule has 1 aliphatic carbocycles. The topological polar surface area (TPSA) is 121 Å². The molecule has 0 radical (unpaired) electrons. The number of β-lactam (4-membered cyclic amide) rings is 1. The molecule has 1 heterocycles. The van der Waals surface area contributed by atoms with Gasteiger partial charge in [-0.2, -0.15) is 0 Å². The van der Waals surface area contributed by atoms with Crippen LogP contribution in [0.2, 0.25) is 0 Å². The molecule has 3 aromatic rings. The van der Waals surface area contributed by atoms with E-state index >= 15 is 0 Å². The third-order valence-electron chi connectivity index (χ3n) is 8.65. The van der Waals surface area contributed by atoms with Gasteiger partial charge >= 0.3 is 0 Å². The number of aliphatic hydroxyl groups is 5. The van der Waals surface area contributed by atoms with E-state index in [1.165, 1.54) is 36.4 Å². The van der Waals surface area contributed by atoms with Crippen molar-refractivity contribution < 1.29 is 39.1 Å². The number of hydrogen-bond acceptors (Lipinski definition) is 6. The van der Waals surface area contributed by atoms with E-state index in [0.29, 0.717) is 36.9 Å². The molecular formula is C32H35F2NO6. The molecule has 2 fully saturated rings. The fourth-order valence-corrected chi connectivity index (χ4v) is 6.26. The minimum absolute atomic E-state index is 0.134. The standard InChI is InChI=1S/C32H35F2NO6/c33-23-7-5-19(6-8-23)27(37)14-13-26-28(35(32(26)41)25-11-9-24(34)10-12-25)20-3-1-18(2-4-20)15-21-16-22(17-36)30(39)31(40)29(21)38/h1-12,21-22,26-31,36-40H,13-17H2/t21-,22-,26-,27+,28-,29+,30-,31-/m1/s1. The average Bonchev–Trinajstić information content (AvgIpc) is 2.98. The van der Waals surface area contributed by atoms with E-state index < -0.39 is 47.9 Å². The Morgan fingerprint density at radius 2 is 1.39 bits per heavy atom. The summed E-state index contributed by atoms with van der Waals surface area (Å²) >= 11 is 0. The molecular weight excluding hydrogens is 532 g/mol. The lowest BCUT2D eigenvalue weighted by Crippen LogP contribution is -2.55. The highest BCUT2D eigenvalue weighted by molar-refractivity contribution is 6.03. The van der Waals surface area contributed by atoms with Gasteiger partial charge in [0.2, 0.25) is 5.91 Å². The van der Waals surface area contributed by atoms with Crippen molar-refractivity contribution in [3.63, 3.8) is 0 Å². The zero-order chi connectivity index (χ0) is 29.3. The van der Waals surface area contributed by atoms with Crippen molar-refractivity contribution in [2.75, 3.05) is 11.5 Å². The molecule has 7 nitrogen and oxygen atoms in total. The molecule has 1 aliphatic heterocycles. The largest absolute Gasteiger partial charge is 0.396 e. The summed E-state index contributed by atoms with van der Waals surface area (Å²) in [6.07, 6.45) is -3.01. The van der Waals surface area contributed by atoms with Gasteiger partial charge < -0.3 is 30.4 Å². The fraction of sp³-hybridized carbons (Fsp3) is 0.406. The van der Waals surface area contributed by atoms with Crippen molar-refractivity contribution >= 4 is 11.6 Å². The molecule has 5 N–H and O–H groups in total. The van der Waals surface area contributed by atoms with Crippen molar-refractivity contribution in [1.82, 2.24) is 0 Å². The first-order chi connectivity index (χ1) is 19.7. The lowest BCUT2D eigenvalue weighted by molar-refractivity contribution is -0.141. The van der Waals surface area contributed by atoms with Crippen LogP contribution in [0.15, 0.2) is 72.8 Å². The van der Waals surface area contributed by atoms with Gasteiger partial charge in [0.25, 0.3) is 0 Å². The maximum Gasteiger partial charge on any atom is 0.233 e. The Morgan fingerprint density at radius 3 is 2.00 bits per heavy atom. The SMILES string of the molecule is O=C1[C@H](CC[C@H](O)c2ccc(F)cc2)[C@@H](c2ccc(C[C@@H]3C[C@H](CO)[C@@H](O)[C@H](O)[C@H]3O)cc2)N1c1ccc(F)cc1. The maximum absolute atomic E-state index is 13.6. The number of anilines is 1. The second-order valence-electron chi connectivity index (χ2n) is 11.2. The van der Waals surface area contributed by atoms with Crippen LogP contribution in [0.3, 0.4) is 0 Å². The predicted molar refractivity (Wildman–Crippen MR) is 148 cm³/mol. The first kappa shape index (κ1) is 29.3. The number of rotatable bonds is 9. The van der Waals surface area contributed by atoms with Crippen LogP contribution >= 0.6 is 0 Å². The summed E-state index contributed by atoms with van der Waals surface area (Å²) in [4.78, 5) is 14.9. The van der Waals surface area contributed by atoms with Crippen molar-refractivity contribution in [2.45, 2.75) is 56.1 Å². The van der Waals surface area contributed by atoms with Crippen LogP contribution in [0.5, 0.6) is 0 Å². The molecule has 1 saturated heterocycles. The van der Waals surface area contributed by atoms with E-state index in [4.69, 9.17) is 0 Å². The van der Waals surface area contributed by atoms with Crippen molar-refractivity contribution in [1.29, 1.82) is 0 Å². The van der Waals surface area contributed by atoms with E-state index in [0.717, 1.165) is 11.1 Å². The third-order valence-corrected chi connectivity index (χ3v) is 8.65. The Balaban J connectivity index is 1.33.